The summed E-state index contributed by atoms with van der Waals surface area (Å²) in [7, 11) is 1.81. The first kappa shape index (κ1) is 13.1. The van der Waals surface area contributed by atoms with E-state index in [9.17, 15) is 4.79 Å². The first-order valence-electron chi connectivity index (χ1n) is 6.16. The van der Waals surface area contributed by atoms with Gasteiger partial charge in [-0.3, -0.25) is 4.79 Å². The van der Waals surface area contributed by atoms with E-state index in [4.69, 9.17) is 5.26 Å². The second-order valence-corrected chi connectivity index (χ2v) is 4.47. The number of aromatic nitrogens is 1. The fraction of sp³-hybridized carbons (Fsp3) is 0.357. The Morgan fingerprint density at radius 2 is 2.53 bits per heavy atom. The van der Waals surface area contributed by atoms with Gasteiger partial charge in [0.15, 0.2) is 0 Å². The van der Waals surface area contributed by atoms with E-state index in [-0.39, 0.29) is 11.9 Å². The van der Waals surface area contributed by atoms with Crippen molar-refractivity contribution in [3.63, 3.8) is 0 Å². The lowest BCUT2D eigenvalue weighted by Gasteiger charge is -2.25. The average molecular weight is 256 g/mol. The highest BCUT2D eigenvalue weighted by molar-refractivity contribution is 5.87. The monoisotopic (exact) mass is 256 g/mol. The standard InChI is InChI=1S/C14H16N4O/c1-3-8-18-9-6-12(14(18)19)17(2)13-11(10-15)5-4-7-16-13/h3-5,7,12H,1,6,8-9H2,2H3. The van der Waals surface area contributed by atoms with Crippen molar-refractivity contribution in [1.82, 2.24) is 9.88 Å². The van der Waals surface area contributed by atoms with Crippen LogP contribution in [0.5, 0.6) is 0 Å². The number of rotatable bonds is 4. The number of hydrogen-bond acceptors (Lipinski definition) is 4. The summed E-state index contributed by atoms with van der Waals surface area (Å²) in [4.78, 5) is 20.0. The zero-order chi connectivity index (χ0) is 13.8. The second kappa shape index (κ2) is 5.53. The molecule has 5 nitrogen and oxygen atoms in total. The van der Waals surface area contributed by atoms with Crippen LogP contribution in [-0.4, -0.2) is 42.0 Å². The second-order valence-electron chi connectivity index (χ2n) is 4.47. The first-order valence-corrected chi connectivity index (χ1v) is 6.16. The first-order chi connectivity index (χ1) is 9.19. The van der Waals surface area contributed by atoms with E-state index in [1.54, 1.807) is 34.2 Å². The fourth-order valence-corrected chi connectivity index (χ4v) is 2.33. The molecule has 1 aliphatic heterocycles. The van der Waals surface area contributed by atoms with Gasteiger partial charge >= 0.3 is 0 Å². The molecule has 1 aromatic heterocycles. The molecule has 0 spiro atoms. The molecular weight excluding hydrogens is 240 g/mol. The number of amides is 1. The number of nitrogens with zero attached hydrogens (tertiary/aromatic N) is 4. The van der Waals surface area contributed by atoms with E-state index < -0.39 is 0 Å². The SMILES string of the molecule is C=CCN1CCC(N(C)c2ncccc2C#N)C1=O. The van der Waals surface area contributed by atoms with Crippen molar-refractivity contribution in [1.29, 1.82) is 5.26 Å². The molecule has 1 atom stereocenters. The Bertz CT molecular complexity index is 534. The number of hydrogen-bond donors (Lipinski definition) is 0. The van der Waals surface area contributed by atoms with Crippen LogP contribution in [0.25, 0.3) is 0 Å². The van der Waals surface area contributed by atoms with Crippen LogP contribution in [0.2, 0.25) is 0 Å². The molecule has 2 heterocycles. The number of likely N-dealkylation sites (tertiary alicyclic amines) is 1. The van der Waals surface area contributed by atoms with Crippen molar-refractivity contribution in [3.05, 3.63) is 36.5 Å². The van der Waals surface area contributed by atoms with Gasteiger partial charge in [-0.2, -0.15) is 5.26 Å². The highest BCUT2D eigenvalue weighted by Crippen LogP contribution is 2.23. The molecule has 1 aromatic rings. The summed E-state index contributed by atoms with van der Waals surface area (Å²) in [5.41, 5.74) is 0.486. The molecular formula is C14H16N4O. The molecule has 5 heteroatoms. The van der Waals surface area contributed by atoms with Crippen molar-refractivity contribution in [2.75, 3.05) is 25.0 Å². The summed E-state index contributed by atoms with van der Waals surface area (Å²) >= 11 is 0. The normalized spacial score (nSPS) is 18.2. The Labute approximate surface area is 112 Å². The van der Waals surface area contributed by atoms with Crippen LogP contribution in [0.15, 0.2) is 31.0 Å². The van der Waals surface area contributed by atoms with Crippen LogP contribution < -0.4 is 4.90 Å². The molecule has 2 rings (SSSR count). The molecule has 0 aliphatic carbocycles. The molecule has 0 N–H and O–H groups in total. The summed E-state index contributed by atoms with van der Waals surface area (Å²) in [5, 5.41) is 9.09. The number of likely N-dealkylation sites (N-methyl/N-ethyl adjacent to an activating group) is 1. The summed E-state index contributed by atoms with van der Waals surface area (Å²) < 4.78 is 0. The number of nitriles is 1. The molecule has 1 aliphatic rings. The van der Waals surface area contributed by atoms with Gasteiger partial charge in [0.05, 0.1) is 5.56 Å². The third kappa shape index (κ3) is 2.43. The predicted octanol–water partition coefficient (Wildman–Crippen LogP) is 1.18. The summed E-state index contributed by atoms with van der Waals surface area (Å²) in [6, 6.07) is 5.28. The van der Waals surface area contributed by atoms with Gasteiger partial charge in [0.2, 0.25) is 5.91 Å². The molecule has 1 fully saturated rings. The Kier molecular flexibility index (Phi) is 3.81. The van der Waals surface area contributed by atoms with E-state index in [1.807, 2.05) is 7.05 Å². The van der Waals surface area contributed by atoms with Crippen LogP contribution in [0.4, 0.5) is 5.82 Å². The van der Waals surface area contributed by atoms with Gasteiger partial charge in [-0.25, -0.2) is 4.98 Å². The van der Waals surface area contributed by atoms with E-state index in [0.717, 1.165) is 6.42 Å². The smallest absolute Gasteiger partial charge is 0.245 e. The molecule has 0 aromatic carbocycles. The van der Waals surface area contributed by atoms with Gasteiger partial charge in [-0.1, -0.05) is 6.08 Å². The van der Waals surface area contributed by atoms with Crippen molar-refractivity contribution in [3.8, 4) is 6.07 Å². The minimum Gasteiger partial charge on any atom is -0.346 e. The summed E-state index contributed by atoms with van der Waals surface area (Å²) in [6.45, 7) is 4.93. The van der Waals surface area contributed by atoms with E-state index >= 15 is 0 Å². The van der Waals surface area contributed by atoms with Gasteiger partial charge in [0, 0.05) is 26.3 Å². The summed E-state index contributed by atoms with van der Waals surface area (Å²) in [6.07, 6.45) is 4.10. The Hall–Kier alpha value is -2.35. The highest BCUT2D eigenvalue weighted by Gasteiger charge is 2.34. The lowest BCUT2D eigenvalue weighted by molar-refractivity contribution is -0.128. The average Bonchev–Trinajstić information content (AvgIpc) is 2.80. The summed E-state index contributed by atoms with van der Waals surface area (Å²) in [5.74, 6) is 0.626. The van der Waals surface area contributed by atoms with Crippen molar-refractivity contribution in [2.45, 2.75) is 12.5 Å². The minimum absolute atomic E-state index is 0.0666. The Morgan fingerprint density at radius 3 is 3.21 bits per heavy atom. The Morgan fingerprint density at radius 1 is 1.74 bits per heavy atom. The molecule has 98 valence electrons. The maximum absolute atomic E-state index is 12.2. The fourth-order valence-electron chi connectivity index (χ4n) is 2.33. The maximum Gasteiger partial charge on any atom is 0.245 e. The van der Waals surface area contributed by atoms with E-state index in [0.29, 0.717) is 24.5 Å². The lowest BCUT2D eigenvalue weighted by Crippen LogP contribution is -2.40. The third-order valence-corrected chi connectivity index (χ3v) is 3.33. The number of carbonyl (C=O) groups excluding carboxylic acids is 1. The predicted molar refractivity (Wildman–Crippen MR) is 72.5 cm³/mol. The van der Waals surface area contributed by atoms with Crippen LogP contribution in [0.3, 0.4) is 0 Å². The Balaban J connectivity index is 2.21. The van der Waals surface area contributed by atoms with Crippen LogP contribution in [0.1, 0.15) is 12.0 Å². The zero-order valence-corrected chi connectivity index (χ0v) is 10.9. The van der Waals surface area contributed by atoms with Crippen molar-refractivity contribution < 1.29 is 4.79 Å². The molecule has 1 amide bonds. The molecule has 0 bridgehead atoms. The van der Waals surface area contributed by atoms with Crippen molar-refractivity contribution in [2.24, 2.45) is 0 Å². The van der Waals surface area contributed by atoms with Crippen LogP contribution in [-0.2, 0) is 4.79 Å². The lowest BCUT2D eigenvalue weighted by atomic mass is 10.2. The van der Waals surface area contributed by atoms with Gasteiger partial charge in [-0.05, 0) is 18.6 Å². The van der Waals surface area contributed by atoms with Gasteiger partial charge in [-0.15, -0.1) is 6.58 Å². The van der Waals surface area contributed by atoms with E-state index in [1.165, 1.54) is 0 Å². The quantitative estimate of drug-likeness (QED) is 0.759. The van der Waals surface area contributed by atoms with E-state index in [2.05, 4.69) is 17.6 Å². The van der Waals surface area contributed by atoms with Gasteiger partial charge in [0.1, 0.15) is 17.9 Å². The molecule has 1 saturated heterocycles. The molecule has 19 heavy (non-hydrogen) atoms. The maximum atomic E-state index is 12.2. The van der Waals surface area contributed by atoms with Crippen LogP contribution in [0, 0.1) is 11.3 Å². The zero-order valence-electron chi connectivity index (χ0n) is 10.9. The van der Waals surface area contributed by atoms with Gasteiger partial charge < -0.3 is 9.80 Å². The number of carbonyl (C=O) groups is 1. The largest absolute Gasteiger partial charge is 0.346 e. The topological polar surface area (TPSA) is 60.2 Å². The molecule has 0 saturated carbocycles. The third-order valence-electron chi connectivity index (χ3n) is 3.33. The highest BCUT2D eigenvalue weighted by atomic mass is 16.2. The number of pyridine rings is 1. The van der Waals surface area contributed by atoms with Crippen molar-refractivity contribution >= 4 is 11.7 Å². The van der Waals surface area contributed by atoms with Gasteiger partial charge in [0.25, 0.3) is 0 Å². The molecule has 1 unspecified atom stereocenters. The van der Waals surface area contributed by atoms with Crippen LogP contribution >= 0.6 is 0 Å². The molecule has 0 radical (unpaired) electrons. The number of anilines is 1. The minimum atomic E-state index is -0.248.